The molecule has 25 heavy (non-hydrogen) atoms. The fourth-order valence-corrected chi connectivity index (χ4v) is 3.68. The molecule has 0 bridgehead atoms. The molecule has 6 heteroatoms. The van der Waals surface area contributed by atoms with E-state index in [1.165, 1.54) is 0 Å². The summed E-state index contributed by atoms with van der Waals surface area (Å²) < 4.78 is 10.9. The summed E-state index contributed by atoms with van der Waals surface area (Å²) in [4.78, 5) is 6.59. The van der Waals surface area contributed by atoms with Crippen LogP contribution in [-0.4, -0.2) is 39.8 Å². The van der Waals surface area contributed by atoms with E-state index in [-0.39, 0.29) is 12.6 Å². The van der Waals surface area contributed by atoms with Crippen molar-refractivity contribution in [2.75, 3.05) is 13.6 Å². The first-order valence-corrected chi connectivity index (χ1v) is 9.02. The van der Waals surface area contributed by atoms with E-state index in [0.717, 1.165) is 49.4 Å². The molecule has 0 amide bonds. The molecule has 6 nitrogen and oxygen atoms in total. The molecule has 1 aliphatic heterocycles. The number of hydrogen-bond donors (Lipinski definition) is 1. The van der Waals surface area contributed by atoms with Crippen molar-refractivity contribution < 1.29 is 14.4 Å². The molecule has 0 radical (unpaired) electrons. The molecule has 1 aromatic carbocycles. The Bertz CT molecular complexity index is 722. The SMILES string of the molecule is CN1CCC[C@@H]1C(C)(O)c1ccc(OCc2nc(C3CC3)no2)cc1. The first-order chi connectivity index (χ1) is 12.0. The van der Waals surface area contributed by atoms with E-state index in [0.29, 0.717) is 11.8 Å². The van der Waals surface area contributed by atoms with E-state index in [4.69, 9.17) is 9.26 Å². The molecule has 2 fully saturated rings. The van der Waals surface area contributed by atoms with Crippen molar-refractivity contribution in [3.8, 4) is 5.75 Å². The number of likely N-dealkylation sites (tertiary alicyclic amines) is 1. The summed E-state index contributed by atoms with van der Waals surface area (Å²) in [5.41, 5.74) is 0.0440. The number of likely N-dealkylation sites (N-methyl/N-ethyl adjacent to an activating group) is 1. The van der Waals surface area contributed by atoms with Crippen molar-refractivity contribution >= 4 is 0 Å². The number of aliphatic hydroxyl groups is 1. The Morgan fingerprint density at radius 1 is 1.28 bits per heavy atom. The van der Waals surface area contributed by atoms with Gasteiger partial charge in [0, 0.05) is 12.0 Å². The Hall–Kier alpha value is -1.92. The fourth-order valence-electron chi connectivity index (χ4n) is 3.68. The molecule has 2 heterocycles. The molecule has 1 saturated carbocycles. The lowest BCUT2D eigenvalue weighted by Gasteiger charge is -2.35. The molecule has 134 valence electrons. The third-order valence-electron chi connectivity index (χ3n) is 5.40. The highest BCUT2D eigenvalue weighted by atomic mass is 16.5. The second-order valence-corrected chi connectivity index (χ2v) is 7.42. The normalized spacial score (nSPS) is 23.6. The van der Waals surface area contributed by atoms with Crippen LogP contribution in [0.2, 0.25) is 0 Å². The van der Waals surface area contributed by atoms with Crippen molar-refractivity contribution in [2.45, 2.75) is 56.8 Å². The number of benzene rings is 1. The van der Waals surface area contributed by atoms with Crippen LogP contribution in [-0.2, 0) is 12.2 Å². The van der Waals surface area contributed by atoms with Gasteiger partial charge >= 0.3 is 0 Å². The van der Waals surface area contributed by atoms with Crippen LogP contribution in [0, 0.1) is 0 Å². The number of hydrogen-bond acceptors (Lipinski definition) is 6. The van der Waals surface area contributed by atoms with E-state index < -0.39 is 5.60 Å². The topological polar surface area (TPSA) is 71.6 Å². The van der Waals surface area contributed by atoms with Crippen LogP contribution in [0.15, 0.2) is 28.8 Å². The molecule has 1 aromatic heterocycles. The predicted molar refractivity (Wildman–Crippen MR) is 92.3 cm³/mol. The van der Waals surface area contributed by atoms with Gasteiger partial charge in [-0.15, -0.1) is 0 Å². The minimum atomic E-state index is -0.866. The van der Waals surface area contributed by atoms with E-state index >= 15 is 0 Å². The standard InChI is InChI=1S/C19H25N3O3/c1-19(23,16-4-3-11-22(16)2)14-7-9-15(10-8-14)24-12-17-20-18(21-25-17)13-5-6-13/h7-10,13,16,23H,3-6,11-12H2,1-2H3/t16-,19?/m1/s1. The van der Waals surface area contributed by atoms with Gasteiger partial charge in [-0.05, 0) is 63.9 Å². The van der Waals surface area contributed by atoms with Crippen LogP contribution in [0.1, 0.15) is 55.8 Å². The van der Waals surface area contributed by atoms with Gasteiger partial charge in [0.15, 0.2) is 12.4 Å². The van der Waals surface area contributed by atoms with E-state index in [2.05, 4.69) is 22.1 Å². The van der Waals surface area contributed by atoms with Crippen LogP contribution >= 0.6 is 0 Å². The fraction of sp³-hybridized carbons (Fsp3) is 0.579. The average Bonchev–Trinajstić information content (AvgIpc) is 3.18. The van der Waals surface area contributed by atoms with Crippen molar-refractivity contribution in [3.05, 3.63) is 41.5 Å². The largest absolute Gasteiger partial charge is 0.484 e. The Morgan fingerprint density at radius 3 is 2.68 bits per heavy atom. The second-order valence-electron chi connectivity index (χ2n) is 7.42. The highest BCUT2D eigenvalue weighted by Crippen LogP contribution is 2.38. The third-order valence-corrected chi connectivity index (χ3v) is 5.40. The number of aromatic nitrogens is 2. The summed E-state index contributed by atoms with van der Waals surface area (Å²) in [5.74, 6) is 2.51. The summed E-state index contributed by atoms with van der Waals surface area (Å²) in [7, 11) is 2.07. The average molecular weight is 343 g/mol. The van der Waals surface area contributed by atoms with Gasteiger partial charge in [-0.2, -0.15) is 4.98 Å². The second kappa shape index (κ2) is 6.42. The molecule has 1 saturated heterocycles. The highest BCUT2D eigenvalue weighted by molar-refractivity contribution is 5.32. The Kier molecular flexibility index (Phi) is 4.25. The zero-order valence-electron chi connectivity index (χ0n) is 14.8. The van der Waals surface area contributed by atoms with Gasteiger partial charge in [0.2, 0.25) is 0 Å². The van der Waals surface area contributed by atoms with Crippen molar-refractivity contribution in [3.63, 3.8) is 0 Å². The smallest absolute Gasteiger partial charge is 0.264 e. The maximum absolute atomic E-state index is 11.0. The van der Waals surface area contributed by atoms with Gasteiger partial charge in [-0.1, -0.05) is 17.3 Å². The molecule has 1 unspecified atom stereocenters. The number of nitrogens with zero attached hydrogens (tertiary/aromatic N) is 3. The van der Waals surface area contributed by atoms with Gasteiger partial charge < -0.3 is 19.3 Å². The highest BCUT2D eigenvalue weighted by Gasteiger charge is 2.38. The molecule has 2 aromatic rings. The zero-order chi connectivity index (χ0) is 17.4. The maximum Gasteiger partial charge on any atom is 0.264 e. The van der Waals surface area contributed by atoms with Crippen LogP contribution in [0.3, 0.4) is 0 Å². The van der Waals surface area contributed by atoms with Crippen molar-refractivity contribution in [2.24, 2.45) is 0 Å². The number of rotatable bonds is 6. The zero-order valence-corrected chi connectivity index (χ0v) is 14.8. The summed E-state index contributed by atoms with van der Waals surface area (Å²) in [6.07, 6.45) is 4.45. The quantitative estimate of drug-likeness (QED) is 0.870. The monoisotopic (exact) mass is 343 g/mol. The minimum absolute atomic E-state index is 0.151. The van der Waals surface area contributed by atoms with E-state index in [1.807, 2.05) is 31.2 Å². The molecule has 0 spiro atoms. The lowest BCUT2D eigenvalue weighted by molar-refractivity contribution is -0.0153. The Labute approximate surface area is 147 Å². The minimum Gasteiger partial charge on any atom is -0.484 e. The summed E-state index contributed by atoms with van der Waals surface area (Å²) >= 11 is 0. The van der Waals surface area contributed by atoms with Crippen LogP contribution < -0.4 is 4.74 Å². The van der Waals surface area contributed by atoms with Crippen LogP contribution in [0.4, 0.5) is 0 Å². The van der Waals surface area contributed by atoms with Crippen LogP contribution in [0.5, 0.6) is 5.75 Å². The van der Waals surface area contributed by atoms with Crippen molar-refractivity contribution in [1.82, 2.24) is 15.0 Å². The number of ether oxygens (including phenoxy) is 1. The van der Waals surface area contributed by atoms with E-state index in [9.17, 15) is 5.11 Å². The van der Waals surface area contributed by atoms with Gasteiger partial charge in [-0.25, -0.2) is 0 Å². The molecular formula is C19H25N3O3. The first-order valence-electron chi connectivity index (χ1n) is 9.02. The lowest BCUT2D eigenvalue weighted by Crippen LogP contribution is -2.43. The van der Waals surface area contributed by atoms with Gasteiger partial charge in [0.05, 0.1) is 0 Å². The third kappa shape index (κ3) is 3.41. The maximum atomic E-state index is 11.0. The van der Waals surface area contributed by atoms with Gasteiger partial charge in [0.25, 0.3) is 5.89 Å². The molecule has 1 aliphatic carbocycles. The molecule has 2 atom stereocenters. The van der Waals surface area contributed by atoms with Crippen molar-refractivity contribution in [1.29, 1.82) is 0 Å². The summed E-state index contributed by atoms with van der Waals surface area (Å²) in [5, 5.41) is 15.0. The van der Waals surface area contributed by atoms with Gasteiger partial charge in [-0.3, -0.25) is 0 Å². The summed E-state index contributed by atoms with van der Waals surface area (Å²) in [6.45, 7) is 3.20. The van der Waals surface area contributed by atoms with E-state index in [1.54, 1.807) is 0 Å². The molecule has 2 aliphatic rings. The summed E-state index contributed by atoms with van der Waals surface area (Å²) in [6, 6.07) is 7.79. The molecule has 4 rings (SSSR count). The first kappa shape index (κ1) is 16.5. The van der Waals surface area contributed by atoms with Gasteiger partial charge in [0.1, 0.15) is 11.4 Å². The lowest BCUT2D eigenvalue weighted by atomic mass is 9.87. The predicted octanol–water partition coefficient (Wildman–Crippen LogP) is 2.83. The molecule has 1 N–H and O–H groups in total. The van der Waals surface area contributed by atoms with Crippen LogP contribution in [0.25, 0.3) is 0 Å². The molecular weight excluding hydrogens is 318 g/mol. The Balaban J connectivity index is 1.39. The Morgan fingerprint density at radius 2 is 2.04 bits per heavy atom.